The third-order valence-corrected chi connectivity index (χ3v) is 2.67. The van der Waals surface area contributed by atoms with E-state index in [1.807, 2.05) is 13.8 Å². The zero-order valence-corrected chi connectivity index (χ0v) is 9.67. The highest BCUT2D eigenvalue weighted by atomic mass is 35.5. The van der Waals surface area contributed by atoms with Gasteiger partial charge in [-0.05, 0) is 38.1 Å². The maximum atomic E-state index is 5.77. The summed E-state index contributed by atoms with van der Waals surface area (Å²) in [7, 11) is 1.56. The molecule has 1 unspecified atom stereocenters. The van der Waals surface area contributed by atoms with E-state index in [1.165, 1.54) is 0 Å². The van der Waals surface area contributed by atoms with Gasteiger partial charge in [-0.25, -0.2) is 0 Å². The Morgan fingerprint density at radius 2 is 1.73 bits per heavy atom. The summed E-state index contributed by atoms with van der Waals surface area (Å²) in [5.74, 6) is -0.285. The van der Waals surface area contributed by atoms with E-state index in [9.17, 15) is 0 Å². The molecule has 1 saturated heterocycles. The van der Waals surface area contributed by atoms with Crippen molar-refractivity contribution < 1.29 is 14.2 Å². The molecule has 3 nitrogen and oxygen atoms in total. The Hall–Kier alpha value is -0.770. The largest absolute Gasteiger partial charge is 0.437 e. The Kier molecular flexibility index (Phi) is 2.41. The standard InChI is InChI=1S/C11H13ClO3/c1-10(2)11(13-3,15-10)14-9-6-4-8(12)5-7-9/h4-7H,1-3H3. The average molecular weight is 229 g/mol. The van der Waals surface area contributed by atoms with Crippen molar-refractivity contribution in [1.29, 1.82) is 0 Å². The molecule has 2 rings (SSSR count). The molecule has 0 aromatic heterocycles. The van der Waals surface area contributed by atoms with Crippen LogP contribution in [0, 0.1) is 0 Å². The minimum Gasteiger partial charge on any atom is -0.437 e. The number of methoxy groups -OCH3 is 1. The molecule has 0 saturated carbocycles. The summed E-state index contributed by atoms with van der Waals surface area (Å²) in [5.41, 5.74) is -0.415. The highest BCUT2D eigenvalue weighted by molar-refractivity contribution is 6.30. The maximum absolute atomic E-state index is 5.77. The molecule has 4 heteroatoms. The molecule has 1 aliphatic rings. The molecule has 82 valence electrons. The van der Waals surface area contributed by atoms with E-state index >= 15 is 0 Å². The molecular weight excluding hydrogens is 216 g/mol. The van der Waals surface area contributed by atoms with Gasteiger partial charge < -0.3 is 9.47 Å². The fourth-order valence-electron chi connectivity index (χ4n) is 1.44. The van der Waals surface area contributed by atoms with Gasteiger partial charge in [-0.2, -0.15) is 0 Å². The minimum atomic E-state index is -0.958. The van der Waals surface area contributed by atoms with Gasteiger partial charge in [0, 0.05) is 12.1 Å². The molecular formula is C11H13ClO3. The van der Waals surface area contributed by atoms with Crippen LogP contribution >= 0.6 is 11.6 Å². The lowest BCUT2D eigenvalue weighted by Gasteiger charge is -2.15. The van der Waals surface area contributed by atoms with Crippen LogP contribution in [0.25, 0.3) is 0 Å². The van der Waals surface area contributed by atoms with E-state index < -0.39 is 11.6 Å². The molecule has 0 aliphatic carbocycles. The molecule has 1 heterocycles. The van der Waals surface area contributed by atoms with Crippen molar-refractivity contribution in [2.75, 3.05) is 7.11 Å². The number of benzene rings is 1. The van der Waals surface area contributed by atoms with Crippen LogP contribution < -0.4 is 4.74 Å². The van der Waals surface area contributed by atoms with Crippen LogP contribution in [-0.2, 0) is 9.47 Å². The fourth-order valence-corrected chi connectivity index (χ4v) is 1.57. The summed E-state index contributed by atoms with van der Waals surface area (Å²) in [4.78, 5) is 0. The first-order chi connectivity index (χ1) is 6.99. The van der Waals surface area contributed by atoms with E-state index in [2.05, 4.69) is 0 Å². The van der Waals surface area contributed by atoms with Crippen LogP contribution in [0.3, 0.4) is 0 Å². The normalized spacial score (nSPS) is 27.5. The van der Waals surface area contributed by atoms with Crippen LogP contribution in [0.2, 0.25) is 5.02 Å². The molecule has 0 bridgehead atoms. The van der Waals surface area contributed by atoms with Gasteiger partial charge in [0.05, 0.1) is 0 Å². The van der Waals surface area contributed by atoms with Gasteiger partial charge in [0.25, 0.3) is 0 Å². The van der Waals surface area contributed by atoms with Crippen LogP contribution in [0.1, 0.15) is 13.8 Å². The van der Waals surface area contributed by atoms with Crippen LogP contribution in [0.15, 0.2) is 24.3 Å². The van der Waals surface area contributed by atoms with Gasteiger partial charge in [-0.1, -0.05) is 11.6 Å². The predicted molar refractivity (Wildman–Crippen MR) is 57.0 cm³/mol. The third-order valence-electron chi connectivity index (χ3n) is 2.42. The number of hydrogen-bond acceptors (Lipinski definition) is 3. The van der Waals surface area contributed by atoms with E-state index in [4.69, 9.17) is 25.8 Å². The average Bonchev–Trinajstić information content (AvgIpc) is 2.73. The number of hydrogen-bond donors (Lipinski definition) is 0. The van der Waals surface area contributed by atoms with Gasteiger partial charge in [-0.15, -0.1) is 0 Å². The molecule has 0 radical (unpaired) electrons. The second-order valence-electron chi connectivity index (χ2n) is 3.93. The number of rotatable bonds is 3. The van der Waals surface area contributed by atoms with Gasteiger partial charge >= 0.3 is 5.97 Å². The zero-order chi connectivity index (χ0) is 11.1. The first kappa shape index (κ1) is 10.7. The quantitative estimate of drug-likeness (QED) is 0.589. The number of epoxide rings is 1. The number of ether oxygens (including phenoxy) is 3. The molecule has 1 aromatic rings. The van der Waals surface area contributed by atoms with E-state index in [-0.39, 0.29) is 0 Å². The van der Waals surface area contributed by atoms with Crippen LogP contribution in [0.4, 0.5) is 0 Å². The Morgan fingerprint density at radius 3 is 2.13 bits per heavy atom. The van der Waals surface area contributed by atoms with Crippen LogP contribution in [-0.4, -0.2) is 18.7 Å². The van der Waals surface area contributed by atoms with Crippen molar-refractivity contribution in [2.24, 2.45) is 0 Å². The summed E-state index contributed by atoms with van der Waals surface area (Å²) >= 11 is 5.77. The summed E-state index contributed by atoms with van der Waals surface area (Å²) in [6.07, 6.45) is 0. The SMILES string of the molecule is COC1(Oc2ccc(Cl)cc2)OC1(C)C. The third kappa shape index (κ3) is 1.83. The Bertz CT molecular complexity index is 361. The molecule has 0 spiro atoms. The lowest BCUT2D eigenvalue weighted by Crippen LogP contribution is -2.30. The topological polar surface area (TPSA) is 31.0 Å². The summed E-state index contributed by atoms with van der Waals surface area (Å²) in [5, 5.41) is 0.671. The Balaban J connectivity index is 2.12. The summed E-state index contributed by atoms with van der Waals surface area (Å²) in [6.45, 7) is 3.82. The molecule has 15 heavy (non-hydrogen) atoms. The lowest BCUT2D eigenvalue weighted by molar-refractivity contribution is -0.156. The predicted octanol–water partition coefficient (Wildman–Crippen LogP) is 2.83. The Labute approximate surface area is 93.9 Å². The van der Waals surface area contributed by atoms with Crippen molar-refractivity contribution in [2.45, 2.75) is 25.4 Å². The molecule has 1 fully saturated rings. The zero-order valence-electron chi connectivity index (χ0n) is 8.91. The van der Waals surface area contributed by atoms with Crippen molar-refractivity contribution in [1.82, 2.24) is 0 Å². The van der Waals surface area contributed by atoms with Crippen molar-refractivity contribution in [3.63, 3.8) is 0 Å². The van der Waals surface area contributed by atoms with Gasteiger partial charge in [0.2, 0.25) is 0 Å². The first-order valence-corrected chi connectivity index (χ1v) is 5.07. The van der Waals surface area contributed by atoms with Gasteiger partial charge in [-0.3, -0.25) is 4.74 Å². The molecule has 1 aromatic carbocycles. The molecule has 1 aliphatic heterocycles. The lowest BCUT2D eigenvalue weighted by atomic mass is 10.2. The summed E-state index contributed by atoms with van der Waals surface area (Å²) < 4.78 is 16.2. The highest BCUT2D eigenvalue weighted by Crippen LogP contribution is 2.48. The van der Waals surface area contributed by atoms with Gasteiger partial charge in [0.15, 0.2) is 5.60 Å². The minimum absolute atomic E-state index is 0.415. The van der Waals surface area contributed by atoms with E-state index in [0.29, 0.717) is 10.8 Å². The molecule has 1 atom stereocenters. The van der Waals surface area contributed by atoms with Crippen molar-refractivity contribution in [3.05, 3.63) is 29.3 Å². The molecule has 0 amide bonds. The second-order valence-corrected chi connectivity index (χ2v) is 4.37. The Morgan fingerprint density at radius 1 is 1.20 bits per heavy atom. The molecule has 0 N–H and O–H groups in total. The maximum Gasteiger partial charge on any atom is 0.358 e. The number of halogens is 1. The smallest absolute Gasteiger partial charge is 0.358 e. The highest BCUT2D eigenvalue weighted by Gasteiger charge is 2.69. The van der Waals surface area contributed by atoms with Crippen molar-refractivity contribution >= 4 is 11.6 Å². The van der Waals surface area contributed by atoms with Crippen molar-refractivity contribution in [3.8, 4) is 5.75 Å². The van der Waals surface area contributed by atoms with E-state index in [1.54, 1.807) is 31.4 Å². The van der Waals surface area contributed by atoms with Crippen LogP contribution in [0.5, 0.6) is 5.75 Å². The summed E-state index contributed by atoms with van der Waals surface area (Å²) in [6, 6.07) is 7.08. The first-order valence-electron chi connectivity index (χ1n) is 4.69. The fraction of sp³-hybridized carbons (Fsp3) is 0.455. The van der Waals surface area contributed by atoms with Gasteiger partial charge in [0.1, 0.15) is 5.75 Å². The second kappa shape index (κ2) is 3.37. The van der Waals surface area contributed by atoms with E-state index in [0.717, 1.165) is 0 Å². The monoisotopic (exact) mass is 228 g/mol.